The van der Waals surface area contributed by atoms with E-state index in [0.29, 0.717) is 48.4 Å². The van der Waals surface area contributed by atoms with Gasteiger partial charge in [0, 0.05) is 62.0 Å². The minimum atomic E-state index is -4.19. The number of fused-ring (bicyclic) bond motifs is 1. The Morgan fingerprint density at radius 1 is 1.07 bits per heavy atom. The molecule has 0 spiro atoms. The molecule has 160 valence electrons. The van der Waals surface area contributed by atoms with E-state index >= 15 is 0 Å². The molecule has 3 heterocycles. The molecule has 3 aromatic rings. The SMILES string of the molecule is COc1cc(OC)c(-c2cn3ccc(N4CCN(P(=O)(O)O)CC4)cc3n2)cc1Cl. The standard InChI is InChI=1S/C19H22ClN4O5P/c1-28-17-11-18(29-2)15(20)10-14(17)16-12-23-4-3-13(9-19(23)21-16)22-5-7-24(8-6-22)30(25,26)27/h3-4,9-12H,5-8H2,1-2H3,(H2,25,26,27). The number of benzene rings is 1. The van der Waals surface area contributed by atoms with E-state index in [9.17, 15) is 14.4 Å². The number of piperazine rings is 1. The molecule has 0 aliphatic carbocycles. The predicted octanol–water partition coefficient (Wildman–Crippen LogP) is 2.89. The van der Waals surface area contributed by atoms with Crippen LogP contribution in [-0.2, 0) is 4.57 Å². The molecule has 0 bridgehead atoms. The van der Waals surface area contributed by atoms with Gasteiger partial charge in [0.2, 0.25) is 0 Å². The maximum Gasteiger partial charge on any atom is 0.403 e. The summed E-state index contributed by atoms with van der Waals surface area (Å²) >= 11 is 6.30. The monoisotopic (exact) mass is 452 g/mol. The van der Waals surface area contributed by atoms with Gasteiger partial charge in [0.25, 0.3) is 0 Å². The summed E-state index contributed by atoms with van der Waals surface area (Å²) in [5, 5.41) is 0.467. The number of nitrogens with zero attached hydrogens (tertiary/aromatic N) is 4. The van der Waals surface area contributed by atoms with Gasteiger partial charge in [-0.2, -0.15) is 0 Å². The fourth-order valence-electron chi connectivity index (χ4n) is 3.57. The number of pyridine rings is 1. The van der Waals surface area contributed by atoms with Crippen LogP contribution in [0.4, 0.5) is 5.69 Å². The topological polar surface area (TPSA) is 99.8 Å². The van der Waals surface area contributed by atoms with Crippen molar-refractivity contribution in [2.75, 3.05) is 45.3 Å². The van der Waals surface area contributed by atoms with Crippen LogP contribution in [0.25, 0.3) is 16.9 Å². The normalized spacial score (nSPS) is 15.6. The van der Waals surface area contributed by atoms with E-state index < -0.39 is 7.75 Å². The first-order valence-corrected chi connectivity index (χ1v) is 11.2. The third-order valence-corrected chi connectivity index (χ3v) is 6.62. The van der Waals surface area contributed by atoms with Crippen LogP contribution in [0.1, 0.15) is 0 Å². The van der Waals surface area contributed by atoms with Crippen LogP contribution in [0.15, 0.2) is 36.7 Å². The maximum atomic E-state index is 11.4. The Bertz CT molecular complexity index is 1120. The first-order valence-electron chi connectivity index (χ1n) is 9.26. The van der Waals surface area contributed by atoms with E-state index in [0.717, 1.165) is 16.9 Å². The van der Waals surface area contributed by atoms with Crippen LogP contribution in [0.3, 0.4) is 0 Å². The van der Waals surface area contributed by atoms with E-state index in [-0.39, 0.29) is 0 Å². The summed E-state index contributed by atoms with van der Waals surface area (Å²) in [4.78, 5) is 25.5. The molecule has 30 heavy (non-hydrogen) atoms. The number of aromatic nitrogens is 2. The Labute approximate surface area is 178 Å². The van der Waals surface area contributed by atoms with Crippen molar-refractivity contribution >= 4 is 30.7 Å². The molecule has 0 saturated carbocycles. The van der Waals surface area contributed by atoms with E-state index in [1.807, 2.05) is 28.9 Å². The zero-order chi connectivity index (χ0) is 21.5. The van der Waals surface area contributed by atoms with E-state index in [4.69, 9.17) is 26.1 Å². The predicted molar refractivity (Wildman–Crippen MR) is 115 cm³/mol. The second-order valence-corrected chi connectivity index (χ2v) is 8.92. The van der Waals surface area contributed by atoms with Gasteiger partial charge in [0.05, 0.1) is 24.9 Å². The molecule has 4 rings (SSSR count). The molecule has 0 atom stereocenters. The fraction of sp³-hybridized carbons (Fsp3) is 0.316. The Morgan fingerprint density at radius 3 is 2.40 bits per heavy atom. The average Bonchev–Trinajstić information content (AvgIpc) is 3.16. The molecule has 2 N–H and O–H groups in total. The Hall–Kier alpha value is -2.29. The molecule has 0 amide bonds. The second-order valence-electron chi connectivity index (χ2n) is 6.92. The van der Waals surface area contributed by atoms with Gasteiger partial charge in [0.1, 0.15) is 17.1 Å². The van der Waals surface area contributed by atoms with Gasteiger partial charge >= 0.3 is 7.75 Å². The van der Waals surface area contributed by atoms with Crippen molar-refractivity contribution in [1.82, 2.24) is 14.1 Å². The summed E-state index contributed by atoms with van der Waals surface area (Å²) in [7, 11) is -1.06. The van der Waals surface area contributed by atoms with Crippen LogP contribution in [0, 0.1) is 0 Å². The van der Waals surface area contributed by atoms with Crippen molar-refractivity contribution in [3.63, 3.8) is 0 Å². The van der Waals surface area contributed by atoms with Gasteiger partial charge in [-0.15, -0.1) is 0 Å². The molecule has 1 aliphatic heterocycles. The quantitative estimate of drug-likeness (QED) is 0.570. The van der Waals surface area contributed by atoms with Gasteiger partial charge < -0.3 is 28.6 Å². The van der Waals surface area contributed by atoms with Crippen molar-refractivity contribution in [2.45, 2.75) is 0 Å². The molecule has 1 saturated heterocycles. The summed E-state index contributed by atoms with van der Waals surface area (Å²) in [5.41, 5.74) is 3.15. The summed E-state index contributed by atoms with van der Waals surface area (Å²) in [6.45, 7) is 1.65. The lowest BCUT2D eigenvalue weighted by Gasteiger charge is -2.35. The fourth-order valence-corrected chi connectivity index (χ4v) is 4.51. The largest absolute Gasteiger partial charge is 0.496 e. The molecule has 1 aliphatic rings. The van der Waals surface area contributed by atoms with Crippen LogP contribution >= 0.6 is 19.3 Å². The highest BCUT2D eigenvalue weighted by Crippen LogP contribution is 2.41. The smallest absolute Gasteiger partial charge is 0.403 e. The highest BCUT2D eigenvalue weighted by Gasteiger charge is 2.29. The first-order chi connectivity index (χ1) is 14.3. The number of anilines is 1. The first kappa shape index (κ1) is 21.0. The van der Waals surface area contributed by atoms with Crippen molar-refractivity contribution in [3.05, 3.63) is 41.7 Å². The summed E-state index contributed by atoms with van der Waals surface area (Å²) < 4.78 is 25.3. The van der Waals surface area contributed by atoms with Gasteiger partial charge in [0.15, 0.2) is 0 Å². The number of ether oxygens (including phenoxy) is 2. The minimum absolute atomic E-state index is 0.302. The Morgan fingerprint density at radius 2 is 1.77 bits per heavy atom. The van der Waals surface area contributed by atoms with Crippen molar-refractivity contribution in [1.29, 1.82) is 0 Å². The summed E-state index contributed by atoms with van der Waals surface area (Å²) in [6.07, 6.45) is 3.81. The highest BCUT2D eigenvalue weighted by atomic mass is 35.5. The van der Waals surface area contributed by atoms with Crippen LogP contribution < -0.4 is 14.4 Å². The van der Waals surface area contributed by atoms with E-state index in [2.05, 4.69) is 4.90 Å². The van der Waals surface area contributed by atoms with Crippen molar-refractivity contribution < 1.29 is 23.8 Å². The van der Waals surface area contributed by atoms with Crippen LogP contribution in [0.5, 0.6) is 11.5 Å². The highest BCUT2D eigenvalue weighted by molar-refractivity contribution is 7.49. The maximum absolute atomic E-state index is 11.4. The number of halogens is 1. The van der Waals surface area contributed by atoms with E-state index in [1.165, 1.54) is 4.67 Å². The lowest BCUT2D eigenvalue weighted by atomic mass is 10.1. The molecule has 1 aromatic carbocycles. The zero-order valence-corrected chi connectivity index (χ0v) is 18.2. The average molecular weight is 453 g/mol. The molecule has 0 radical (unpaired) electrons. The van der Waals surface area contributed by atoms with Crippen LogP contribution in [0.2, 0.25) is 5.02 Å². The summed E-state index contributed by atoms with van der Waals surface area (Å²) in [6, 6.07) is 7.41. The molecule has 2 aromatic heterocycles. The Balaban J connectivity index is 1.63. The third-order valence-electron chi connectivity index (χ3n) is 5.18. The number of imidazole rings is 1. The van der Waals surface area contributed by atoms with Gasteiger partial charge in [-0.25, -0.2) is 14.2 Å². The zero-order valence-electron chi connectivity index (χ0n) is 16.5. The summed E-state index contributed by atoms with van der Waals surface area (Å²) in [5.74, 6) is 1.13. The molecular formula is C19H22ClN4O5P. The molecule has 0 unspecified atom stereocenters. The van der Waals surface area contributed by atoms with Gasteiger partial charge in [-0.1, -0.05) is 11.6 Å². The minimum Gasteiger partial charge on any atom is -0.496 e. The van der Waals surface area contributed by atoms with Crippen LogP contribution in [-0.4, -0.2) is 64.2 Å². The van der Waals surface area contributed by atoms with E-state index in [1.54, 1.807) is 26.4 Å². The van der Waals surface area contributed by atoms with Gasteiger partial charge in [-0.3, -0.25) is 0 Å². The number of hydrogen-bond donors (Lipinski definition) is 2. The molecule has 1 fully saturated rings. The van der Waals surface area contributed by atoms with Gasteiger partial charge in [-0.05, 0) is 12.1 Å². The lowest BCUT2D eigenvalue weighted by molar-refractivity contribution is 0.261. The van der Waals surface area contributed by atoms with Crippen molar-refractivity contribution in [2.24, 2.45) is 0 Å². The molecular weight excluding hydrogens is 431 g/mol. The molecule has 9 nitrogen and oxygen atoms in total. The number of methoxy groups -OCH3 is 2. The lowest BCUT2D eigenvalue weighted by Crippen LogP contribution is -2.44. The molecule has 11 heteroatoms. The van der Waals surface area contributed by atoms with Crippen molar-refractivity contribution in [3.8, 4) is 22.8 Å². The number of rotatable bonds is 5. The number of hydrogen-bond acceptors (Lipinski definition) is 5. The second kappa shape index (κ2) is 8.09. The third kappa shape index (κ3) is 3.99. The Kier molecular flexibility index (Phi) is 5.65.